The summed E-state index contributed by atoms with van der Waals surface area (Å²) in [5.74, 6) is -0.599. The van der Waals surface area contributed by atoms with Gasteiger partial charge in [-0.05, 0) is 72.5 Å². The lowest BCUT2D eigenvalue weighted by atomic mass is 9.98. The van der Waals surface area contributed by atoms with Crippen LogP contribution < -0.4 is 10.8 Å². The first-order chi connectivity index (χ1) is 22.3. The second-order valence-corrected chi connectivity index (χ2v) is 12.0. The van der Waals surface area contributed by atoms with Crippen LogP contribution in [0.25, 0.3) is 10.8 Å². The molecule has 0 spiro atoms. The van der Waals surface area contributed by atoms with Gasteiger partial charge in [-0.25, -0.2) is 5.48 Å². The van der Waals surface area contributed by atoms with Gasteiger partial charge in [0.1, 0.15) is 0 Å². The number of anilines is 1. The van der Waals surface area contributed by atoms with Crippen molar-refractivity contribution in [3.63, 3.8) is 0 Å². The number of amides is 2. The fourth-order valence-electron chi connectivity index (χ4n) is 5.81. The molecule has 0 aliphatic carbocycles. The van der Waals surface area contributed by atoms with Crippen LogP contribution in [-0.2, 0) is 25.7 Å². The summed E-state index contributed by atoms with van der Waals surface area (Å²) in [5, 5.41) is 23.5. The molecule has 1 fully saturated rings. The number of aliphatic hydroxyl groups is 1. The van der Waals surface area contributed by atoms with Gasteiger partial charge in [-0.1, -0.05) is 72.8 Å². The highest BCUT2D eigenvalue weighted by atomic mass is 16.7. The van der Waals surface area contributed by atoms with Gasteiger partial charge in [0.25, 0.3) is 0 Å². The van der Waals surface area contributed by atoms with E-state index in [4.69, 9.17) is 14.7 Å². The van der Waals surface area contributed by atoms with Crippen LogP contribution in [0.5, 0.6) is 0 Å². The maximum absolute atomic E-state index is 12.4. The van der Waals surface area contributed by atoms with Gasteiger partial charge < -0.3 is 19.9 Å². The molecule has 242 valence electrons. The number of likely N-dealkylation sites (N-methyl/N-ethyl adjacent to an activating group) is 1. The number of carbonyl (C=O) groups is 2. The third kappa shape index (κ3) is 8.78. The lowest BCUT2D eigenvalue weighted by Crippen LogP contribution is -2.38. The average Bonchev–Trinajstić information content (AvgIpc) is 3.09. The van der Waals surface area contributed by atoms with Crippen molar-refractivity contribution in [3.8, 4) is 0 Å². The number of nitrogens with zero attached hydrogens (tertiary/aromatic N) is 1. The topological polar surface area (TPSA) is 120 Å². The Morgan fingerprint density at radius 3 is 2.24 bits per heavy atom. The minimum atomic E-state index is -0.604. The quantitative estimate of drug-likeness (QED) is 0.0753. The van der Waals surface area contributed by atoms with Gasteiger partial charge in [-0.2, -0.15) is 0 Å². The summed E-state index contributed by atoms with van der Waals surface area (Å²) in [6, 6.07) is 30.5. The number of hydroxylamine groups is 1. The number of rotatable bonds is 13. The molecule has 4 N–H and O–H groups in total. The zero-order chi connectivity index (χ0) is 32.5. The Bertz CT molecular complexity index is 1590. The Morgan fingerprint density at radius 1 is 0.870 bits per heavy atom. The van der Waals surface area contributed by atoms with Crippen LogP contribution in [0.4, 0.5) is 5.69 Å². The fraction of sp³-hybridized carbons (Fsp3) is 0.351. The highest BCUT2D eigenvalue weighted by molar-refractivity contribution is 5.90. The van der Waals surface area contributed by atoms with Gasteiger partial charge in [0.05, 0.1) is 18.8 Å². The van der Waals surface area contributed by atoms with E-state index in [-0.39, 0.29) is 43.6 Å². The van der Waals surface area contributed by atoms with E-state index in [2.05, 4.69) is 66.7 Å². The Labute approximate surface area is 270 Å². The predicted molar refractivity (Wildman–Crippen MR) is 177 cm³/mol. The number of nitrogens with one attached hydrogen (secondary N) is 2. The van der Waals surface area contributed by atoms with Crippen LogP contribution >= 0.6 is 0 Å². The van der Waals surface area contributed by atoms with Crippen molar-refractivity contribution in [3.05, 3.63) is 113 Å². The minimum absolute atomic E-state index is 0.0125. The van der Waals surface area contributed by atoms with Crippen molar-refractivity contribution >= 4 is 28.3 Å². The van der Waals surface area contributed by atoms with Crippen molar-refractivity contribution in [2.45, 2.75) is 70.2 Å². The van der Waals surface area contributed by atoms with E-state index in [1.54, 1.807) is 5.48 Å². The van der Waals surface area contributed by atoms with Crippen molar-refractivity contribution < 1.29 is 29.4 Å². The van der Waals surface area contributed by atoms with Crippen LogP contribution in [-0.4, -0.2) is 46.7 Å². The third-order valence-corrected chi connectivity index (χ3v) is 8.67. The molecule has 0 unspecified atom stereocenters. The van der Waals surface area contributed by atoms with Gasteiger partial charge in [0.2, 0.25) is 11.8 Å². The smallest absolute Gasteiger partial charge is 0.243 e. The lowest BCUT2D eigenvalue weighted by molar-refractivity contribution is -0.253. The number of unbranched alkanes of at least 4 members (excludes halogenated alkanes) is 1. The van der Waals surface area contributed by atoms with E-state index in [1.165, 1.54) is 16.3 Å². The van der Waals surface area contributed by atoms with E-state index in [1.807, 2.05) is 48.5 Å². The molecular weight excluding hydrogens is 582 g/mol. The molecule has 4 atom stereocenters. The van der Waals surface area contributed by atoms with E-state index >= 15 is 0 Å². The van der Waals surface area contributed by atoms with E-state index < -0.39 is 12.2 Å². The molecule has 1 aliphatic heterocycles. The number of benzene rings is 4. The van der Waals surface area contributed by atoms with E-state index in [9.17, 15) is 14.7 Å². The summed E-state index contributed by atoms with van der Waals surface area (Å²) in [5.41, 5.74) is 6.23. The maximum Gasteiger partial charge on any atom is 0.243 e. The molecule has 5 rings (SSSR count). The Kier molecular flexibility index (Phi) is 11.5. The lowest BCUT2D eigenvalue weighted by Gasteiger charge is -2.39. The normalized spacial score (nSPS) is 18.8. The first-order valence-electron chi connectivity index (χ1n) is 15.8. The second-order valence-electron chi connectivity index (χ2n) is 12.0. The number of carbonyl (C=O) groups excluding carboxylic acids is 2. The van der Waals surface area contributed by atoms with Crippen molar-refractivity contribution in [1.29, 1.82) is 0 Å². The van der Waals surface area contributed by atoms with Crippen molar-refractivity contribution in [2.75, 3.05) is 18.9 Å². The molecule has 0 aromatic heterocycles. The van der Waals surface area contributed by atoms with Gasteiger partial charge in [0.15, 0.2) is 6.29 Å². The Balaban J connectivity index is 1.26. The molecular formula is C37H43N3O6. The summed E-state index contributed by atoms with van der Waals surface area (Å²) < 4.78 is 13.1. The van der Waals surface area contributed by atoms with Gasteiger partial charge >= 0.3 is 0 Å². The monoisotopic (exact) mass is 625 g/mol. The molecule has 0 radical (unpaired) electrons. The van der Waals surface area contributed by atoms with Crippen LogP contribution in [0.15, 0.2) is 91.0 Å². The molecule has 9 nitrogen and oxygen atoms in total. The first kappa shape index (κ1) is 33.2. The number of hydrogen-bond donors (Lipinski definition) is 4. The van der Waals surface area contributed by atoms with Crippen LogP contribution in [0, 0.1) is 0 Å². The summed E-state index contributed by atoms with van der Waals surface area (Å²) in [6.07, 6.45) is 1.26. The van der Waals surface area contributed by atoms with Gasteiger partial charge in [0, 0.05) is 43.1 Å². The molecule has 1 aliphatic rings. The highest BCUT2D eigenvalue weighted by Crippen LogP contribution is 2.39. The summed E-state index contributed by atoms with van der Waals surface area (Å²) in [7, 11) is 2.12. The van der Waals surface area contributed by atoms with Crippen molar-refractivity contribution in [1.82, 2.24) is 10.4 Å². The standard InChI is InChI=1S/C37H43N3O6/c1-25(30-16-15-27-7-3-4-8-31(27)21-30)40(2)23-33-22-34(28-13-11-26(24-41)12-14-28)46-37(45-33)29-17-19-32(20-18-29)38-35(42)9-5-6-10-36(43)39-44/h3-4,7-8,11-21,25,33-34,37,41,44H,5-6,9-10,22-24H2,1-2H3,(H,38,42)(H,39,43)/t25-,33-,34+,37+/m1/s1. The fourth-order valence-corrected chi connectivity index (χ4v) is 5.81. The average molecular weight is 626 g/mol. The summed E-state index contributed by atoms with van der Waals surface area (Å²) in [4.78, 5) is 25.9. The maximum atomic E-state index is 12.4. The molecule has 1 heterocycles. The number of aliphatic hydroxyl groups excluding tert-OH is 1. The third-order valence-electron chi connectivity index (χ3n) is 8.67. The van der Waals surface area contributed by atoms with E-state index in [0.29, 0.717) is 31.5 Å². The molecule has 0 bridgehead atoms. The Morgan fingerprint density at radius 2 is 1.54 bits per heavy atom. The first-order valence-corrected chi connectivity index (χ1v) is 15.8. The second kappa shape index (κ2) is 15.9. The molecule has 9 heteroatoms. The zero-order valence-electron chi connectivity index (χ0n) is 26.4. The van der Waals surface area contributed by atoms with Gasteiger partial charge in [-0.15, -0.1) is 0 Å². The highest BCUT2D eigenvalue weighted by Gasteiger charge is 2.33. The minimum Gasteiger partial charge on any atom is -0.392 e. The van der Waals surface area contributed by atoms with Crippen LogP contribution in [0.3, 0.4) is 0 Å². The number of fused-ring (bicyclic) bond motifs is 1. The largest absolute Gasteiger partial charge is 0.392 e. The zero-order valence-corrected chi connectivity index (χ0v) is 26.4. The van der Waals surface area contributed by atoms with Crippen molar-refractivity contribution in [2.24, 2.45) is 0 Å². The summed E-state index contributed by atoms with van der Waals surface area (Å²) in [6.45, 7) is 2.90. The molecule has 4 aromatic carbocycles. The van der Waals surface area contributed by atoms with Crippen LogP contribution in [0.1, 0.15) is 79.7 Å². The number of ether oxygens (including phenoxy) is 2. The van der Waals surface area contributed by atoms with Crippen LogP contribution in [0.2, 0.25) is 0 Å². The molecule has 2 amide bonds. The molecule has 4 aromatic rings. The Hall–Kier alpha value is -4.12. The van der Waals surface area contributed by atoms with Gasteiger partial charge in [-0.3, -0.25) is 19.7 Å². The molecule has 1 saturated heterocycles. The number of hydrogen-bond acceptors (Lipinski definition) is 7. The van der Waals surface area contributed by atoms with E-state index in [0.717, 1.165) is 16.7 Å². The molecule has 46 heavy (non-hydrogen) atoms. The molecule has 0 saturated carbocycles. The summed E-state index contributed by atoms with van der Waals surface area (Å²) >= 11 is 0. The predicted octanol–water partition coefficient (Wildman–Crippen LogP) is 6.57. The SMILES string of the molecule is C[C@H](c1ccc2ccccc2c1)N(C)C[C@H]1C[C@@H](c2ccc(CO)cc2)O[C@@H](c2ccc(NC(=O)CCCCC(=O)NO)cc2)O1.